The lowest BCUT2D eigenvalue weighted by Crippen LogP contribution is -2.44. The van der Waals surface area contributed by atoms with Crippen LogP contribution in [0.3, 0.4) is 0 Å². The van der Waals surface area contributed by atoms with Gasteiger partial charge in [0, 0.05) is 31.9 Å². The van der Waals surface area contributed by atoms with Crippen LogP contribution in [-0.2, 0) is 22.7 Å². The Hall–Kier alpha value is -2.69. The molecule has 0 spiro atoms. The maximum Gasteiger partial charge on any atom is 0.243 e. The second-order valence-electron chi connectivity index (χ2n) is 6.14. The minimum atomic E-state index is -0.393. The van der Waals surface area contributed by atoms with E-state index in [1.807, 2.05) is 43.3 Å². The summed E-state index contributed by atoms with van der Waals surface area (Å²) in [5.41, 5.74) is 3.17. The molecule has 1 atom stereocenters. The lowest BCUT2D eigenvalue weighted by molar-refractivity contribution is -0.135. The van der Waals surface area contributed by atoms with Crippen LogP contribution in [0.2, 0.25) is 0 Å². The van der Waals surface area contributed by atoms with Crippen molar-refractivity contribution in [3.63, 3.8) is 0 Å². The van der Waals surface area contributed by atoms with E-state index < -0.39 is 6.04 Å². The molecule has 124 valence electrons. The summed E-state index contributed by atoms with van der Waals surface area (Å²) in [5.74, 6) is -0.0612. The maximum absolute atomic E-state index is 12.5. The Kier molecular flexibility index (Phi) is 4.89. The summed E-state index contributed by atoms with van der Waals surface area (Å²) in [6.45, 7) is 2.93. The minimum absolute atomic E-state index is 0.0390. The highest BCUT2D eigenvalue weighted by molar-refractivity contribution is 5.90. The van der Waals surface area contributed by atoms with Crippen molar-refractivity contribution in [2.24, 2.45) is 0 Å². The number of hydrogen-bond acceptors (Lipinski definition) is 3. The summed E-state index contributed by atoms with van der Waals surface area (Å²) in [6.07, 6.45) is 4.43. The van der Waals surface area contributed by atoms with Crippen molar-refractivity contribution in [3.8, 4) is 0 Å². The molecule has 1 saturated heterocycles. The van der Waals surface area contributed by atoms with Crippen LogP contribution >= 0.6 is 0 Å². The third-order valence-corrected chi connectivity index (χ3v) is 4.29. The first kappa shape index (κ1) is 16.2. The number of nitrogens with zero attached hydrogens (tertiary/aromatic N) is 2. The molecular formula is C19H21N3O2. The minimum Gasteiger partial charge on any atom is -0.350 e. The van der Waals surface area contributed by atoms with Gasteiger partial charge >= 0.3 is 0 Å². The van der Waals surface area contributed by atoms with Gasteiger partial charge < -0.3 is 10.2 Å². The molecule has 5 heteroatoms. The Labute approximate surface area is 141 Å². The molecule has 5 nitrogen and oxygen atoms in total. The van der Waals surface area contributed by atoms with Crippen LogP contribution in [0.1, 0.15) is 29.5 Å². The van der Waals surface area contributed by atoms with Gasteiger partial charge in [0.15, 0.2) is 0 Å². The Balaban J connectivity index is 1.63. The molecule has 1 fully saturated rings. The second-order valence-corrected chi connectivity index (χ2v) is 6.14. The van der Waals surface area contributed by atoms with Crippen LogP contribution in [0.5, 0.6) is 0 Å². The van der Waals surface area contributed by atoms with Crippen molar-refractivity contribution in [3.05, 3.63) is 65.5 Å². The Morgan fingerprint density at radius 3 is 2.75 bits per heavy atom. The zero-order valence-corrected chi connectivity index (χ0v) is 13.7. The van der Waals surface area contributed by atoms with Gasteiger partial charge in [-0.05, 0) is 30.5 Å². The van der Waals surface area contributed by atoms with Crippen molar-refractivity contribution < 1.29 is 9.59 Å². The second kappa shape index (κ2) is 7.25. The lowest BCUT2D eigenvalue weighted by Gasteiger charge is -2.24. The number of nitrogens with one attached hydrogen (secondary N) is 1. The van der Waals surface area contributed by atoms with Crippen molar-refractivity contribution in [2.45, 2.75) is 38.9 Å². The number of rotatable bonds is 5. The molecule has 2 amide bonds. The van der Waals surface area contributed by atoms with E-state index in [-0.39, 0.29) is 11.8 Å². The first-order valence-corrected chi connectivity index (χ1v) is 8.15. The quantitative estimate of drug-likeness (QED) is 0.917. The van der Waals surface area contributed by atoms with Crippen LogP contribution in [0.15, 0.2) is 48.8 Å². The van der Waals surface area contributed by atoms with E-state index in [0.29, 0.717) is 25.9 Å². The number of aryl methyl sites for hydroxylation is 1. The summed E-state index contributed by atoms with van der Waals surface area (Å²) >= 11 is 0. The SMILES string of the molecule is Cc1ccc(CN2C(=O)CC[C@H]2C(=O)NCc2cccnc2)cc1. The Bertz CT molecular complexity index is 713. The fourth-order valence-corrected chi connectivity index (χ4v) is 2.90. The number of amides is 2. The lowest BCUT2D eigenvalue weighted by atomic mass is 10.1. The number of likely N-dealkylation sites (tertiary alicyclic amines) is 1. The third-order valence-electron chi connectivity index (χ3n) is 4.29. The molecule has 1 aromatic carbocycles. The zero-order chi connectivity index (χ0) is 16.9. The summed E-state index contributed by atoms with van der Waals surface area (Å²) in [5, 5.41) is 2.91. The molecule has 1 aliphatic rings. The molecule has 2 heterocycles. The highest BCUT2D eigenvalue weighted by atomic mass is 16.2. The number of benzene rings is 1. The van der Waals surface area contributed by atoms with Gasteiger partial charge in [-0.15, -0.1) is 0 Å². The van der Waals surface area contributed by atoms with Gasteiger partial charge in [0.1, 0.15) is 6.04 Å². The number of hydrogen-bond donors (Lipinski definition) is 1. The van der Waals surface area contributed by atoms with Crippen LogP contribution in [0.4, 0.5) is 0 Å². The molecule has 2 aromatic rings. The largest absolute Gasteiger partial charge is 0.350 e. The molecule has 24 heavy (non-hydrogen) atoms. The third kappa shape index (κ3) is 3.79. The number of pyridine rings is 1. The summed E-state index contributed by atoms with van der Waals surface area (Å²) < 4.78 is 0. The van der Waals surface area contributed by atoms with Gasteiger partial charge in [0.2, 0.25) is 11.8 Å². The molecule has 0 unspecified atom stereocenters. The molecule has 1 N–H and O–H groups in total. The highest BCUT2D eigenvalue weighted by Crippen LogP contribution is 2.22. The number of carbonyl (C=O) groups is 2. The van der Waals surface area contributed by atoms with Crippen LogP contribution in [0.25, 0.3) is 0 Å². The van der Waals surface area contributed by atoms with Gasteiger partial charge in [0.25, 0.3) is 0 Å². The van der Waals surface area contributed by atoms with Crippen molar-refractivity contribution in [1.29, 1.82) is 0 Å². The molecular weight excluding hydrogens is 302 g/mol. The molecule has 0 saturated carbocycles. The van der Waals surface area contributed by atoms with Crippen LogP contribution in [-0.4, -0.2) is 27.7 Å². The van der Waals surface area contributed by atoms with Crippen LogP contribution in [0, 0.1) is 6.92 Å². The highest BCUT2D eigenvalue weighted by Gasteiger charge is 2.35. The van der Waals surface area contributed by atoms with E-state index in [4.69, 9.17) is 0 Å². The van der Waals surface area contributed by atoms with Crippen molar-refractivity contribution in [1.82, 2.24) is 15.2 Å². The van der Waals surface area contributed by atoms with Gasteiger partial charge in [-0.3, -0.25) is 14.6 Å². The number of aromatic nitrogens is 1. The van der Waals surface area contributed by atoms with E-state index >= 15 is 0 Å². The van der Waals surface area contributed by atoms with Crippen LogP contribution < -0.4 is 5.32 Å². The fraction of sp³-hybridized carbons (Fsp3) is 0.316. The monoisotopic (exact) mass is 323 g/mol. The normalized spacial score (nSPS) is 17.1. The molecule has 1 aliphatic heterocycles. The van der Waals surface area contributed by atoms with Gasteiger partial charge in [-0.2, -0.15) is 0 Å². The molecule has 3 rings (SSSR count). The molecule has 0 bridgehead atoms. The first-order valence-electron chi connectivity index (χ1n) is 8.15. The predicted molar refractivity (Wildman–Crippen MR) is 90.8 cm³/mol. The molecule has 0 aliphatic carbocycles. The van der Waals surface area contributed by atoms with Gasteiger partial charge in [-0.25, -0.2) is 0 Å². The van der Waals surface area contributed by atoms with Crippen molar-refractivity contribution >= 4 is 11.8 Å². The summed E-state index contributed by atoms with van der Waals surface area (Å²) in [7, 11) is 0. The summed E-state index contributed by atoms with van der Waals surface area (Å²) in [6, 6.07) is 11.4. The van der Waals surface area contributed by atoms with E-state index in [1.54, 1.807) is 17.3 Å². The average Bonchev–Trinajstić information content (AvgIpc) is 2.96. The molecule has 0 radical (unpaired) electrons. The van der Waals surface area contributed by atoms with E-state index in [2.05, 4.69) is 10.3 Å². The predicted octanol–water partition coefficient (Wildman–Crippen LogP) is 2.20. The standard InChI is InChI=1S/C19H21N3O2/c1-14-4-6-15(7-5-14)13-22-17(8-9-18(22)23)19(24)21-12-16-3-2-10-20-11-16/h2-7,10-11,17H,8-9,12-13H2,1H3,(H,21,24)/t17-/m0/s1. The van der Waals surface area contributed by atoms with Gasteiger partial charge in [0.05, 0.1) is 0 Å². The number of carbonyl (C=O) groups excluding carboxylic acids is 2. The smallest absolute Gasteiger partial charge is 0.243 e. The van der Waals surface area contributed by atoms with E-state index in [9.17, 15) is 9.59 Å². The fourth-order valence-electron chi connectivity index (χ4n) is 2.90. The van der Waals surface area contributed by atoms with Gasteiger partial charge in [-0.1, -0.05) is 35.9 Å². The first-order chi connectivity index (χ1) is 11.6. The van der Waals surface area contributed by atoms with Crippen molar-refractivity contribution in [2.75, 3.05) is 0 Å². The summed E-state index contributed by atoms with van der Waals surface area (Å²) in [4.78, 5) is 30.4. The Morgan fingerprint density at radius 1 is 1.25 bits per heavy atom. The zero-order valence-electron chi connectivity index (χ0n) is 13.7. The topological polar surface area (TPSA) is 62.3 Å². The van der Waals surface area contributed by atoms with E-state index in [0.717, 1.165) is 11.1 Å². The van der Waals surface area contributed by atoms with E-state index in [1.165, 1.54) is 5.56 Å². The average molecular weight is 323 g/mol. The molecule has 1 aromatic heterocycles. The maximum atomic E-state index is 12.5. The Morgan fingerprint density at radius 2 is 2.04 bits per heavy atom.